The SMILES string of the molecule is COc1ccc(NC(=O)c2[nH]c3ccccc3c2NC(=O)c2ccc(OC)cc2)cc1. The number of hydrogen-bond acceptors (Lipinski definition) is 4. The first kappa shape index (κ1) is 20.0. The molecule has 0 bridgehead atoms. The topological polar surface area (TPSA) is 92.5 Å². The van der Waals surface area contributed by atoms with Crippen LogP contribution in [0.2, 0.25) is 0 Å². The Bertz CT molecular complexity index is 1230. The van der Waals surface area contributed by atoms with E-state index in [0.717, 1.165) is 10.9 Å². The fourth-order valence-corrected chi connectivity index (χ4v) is 3.24. The lowest BCUT2D eigenvalue weighted by Crippen LogP contribution is -2.18. The highest BCUT2D eigenvalue weighted by Crippen LogP contribution is 2.29. The molecule has 0 unspecified atom stereocenters. The van der Waals surface area contributed by atoms with Crippen molar-refractivity contribution in [3.05, 3.63) is 84.1 Å². The fraction of sp³-hybridized carbons (Fsp3) is 0.0833. The van der Waals surface area contributed by atoms with Gasteiger partial charge in [0.25, 0.3) is 11.8 Å². The van der Waals surface area contributed by atoms with Crippen LogP contribution in [0.4, 0.5) is 11.4 Å². The van der Waals surface area contributed by atoms with E-state index in [9.17, 15) is 9.59 Å². The van der Waals surface area contributed by atoms with Gasteiger partial charge in [-0.05, 0) is 54.6 Å². The number of aromatic nitrogens is 1. The zero-order valence-corrected chi connectivity index (χ0v) is 17.1. The molecule has 3 N–H and O–H groups in total. The third kappa shape index (κ3) is 4.20. The number of hydrogen-bond donors (Lipinski definition) is 3. The Morgan fingerprint density at radius 1 is 0.742 bits per heavy atom. The second-order valence-electron chi connectivity index (χ2n) is 6.79. The third-order valence-corrected chi connectivity index (χ3v) is 4.87. The average molecular weight is 415 g/mol. The highest BCUT2D eigenvalue weighted by Gasteiger charge is 2.20. The van der Waals surface area contributed by atoms with Crippen LogP contribution in [-0.2, 0) is 0 Å². The number of rotatable bonds is 6. The van der Waals surface area contributed by atoms with Gasteiger partial charge >= 0.3 is 0 Å². The molecule has 1 heterocycles. The molecule has 2 amide bonds. The summed E-state index contributed by atoms with van der Waals surface area (Å²) in [6, 6.07) is 21.2. The molecular formula is C24H21N3O4. The highest BCUT2D eigenvalue weighted by atomic mass is 16.5. The van der Waals surface area contributed by atoms with Gasteiger partial charge in [-0.1, -0.05) is 18.2 Å². The summed E-state index contributed by atoms with van der Waals surface area (Å²) in [7, 11) is 3.14. The lowest BCUT2D eigenvalue weighted by Gasteiger charge is -2.09. The molecule has 1 aromatic heterocycles. The molecule has 0 fully saturated rings. The van der Waals surface area contributed by atoms with Crippen LogP contribution in [0.15, 0.2) is 72.8 Å². The maximum atomic E-state index is 13.0. The number of carbonyl (C=O) groups is 2. The maximum Gasteiger partial charge on any atom is 0.274 e. The van der Waals surface area contributed by atoms with Crippen molar-refractivity contribution in [2.24, 2.45) is 0 Å². The average Bonchev–Trinajstić information content (AvgIpc) is 3.18. The van der Waals surface area contributed by atoms with Gasteiger partial charge in [-0.3, -0.25) is 9.59 Å². The predicted molar refractivity (Wildman–Crippen MR) is 120 cm³/mol. The Labute approximate surface area is 179 Å². The molecule has 7 heteroatoms. The fourth-order valence-electron chi connectivity index (χ4n) is 3.24. The van der Waals surface area contributed by atoms with Crippen LogP contribution in [-0.4, -0.2) is 31.0 Å². The number of aromatic amines is 1. The first-order valence-corrected chi connectivity index (χ1v) is 9.60. The molecule has 3 aromatic carbocycles. The summed E-state index contributed by atoms with van der Waals surface area (Å²) in [4.78, 5) is 29.0. The van der Waals surface area contributed by atoms with E-state index in [1.807, 2.05) is 24.3 Å². The minimum Gasteiger partial charge on any atom is -0.497 e. The van der Waals surface area contributed by atoms with E-state index in [-0.39, 0.29) is 17.5 Å². The minimum absolute atomic E-state index is 0.263. The number of H-pyrrole nitrogens is 1. The summed E-state index contributed by atoms with van der Waals surface area (Å²) in [5.74, 6) is 0.650. The monoisotopic (exact) mass is 415 g/mol. The third-order valence-electron chi connectivity index (χ3n) is 4.87. The van der Waals surface area contributed by atoms with Gasteiger partial charge in [0, 0.05) is 22.2 Å². The van der Waals surface area contributed by atoms with Gasteiger partial charge < -0.3 is 25.1 Å². The molecule has 156 valence electrons. The molecule has 4 aromatic rings. The first-order chi connectivity index (χ1) is 15.1. The Morgan fingerprint density at radius 3 is 2.00 bits per heavy atom. The van der Waals surface area contributed by atoms with Gasteiger partial charge in [-0.2, -0.15) is 0 Å². The lowest BCUT2D eigenvalue weighted by atomic mass is 10.1. The molecule has 0 saturated carbocycles. The smallest absolute Gasteiger partial charge is 0.274 e. The normalized spacial score (nSPS) is 10.5. The number of amides is 2. The summed E-state index contributed by atoms with van der Waals surface area (Å²) in [5, 5.41) is 6.47. The molecule has 0 aliphatic heterocycles. The van der Waals surface area contributed by atoms with Crippen LogP contribution in [0.1, 0.15) is 20.8 Å². The Morgan fingerprint density at radius 2 is 1.35 bits per heavy atom. The molecule has 7 nitrogen and oxygen atoms in total. The van der Waals surface area contributed by atoms with Gasteiger partial charge in [0.15, 0.2) is 0 Å². The summed E-state index contributed by atoms with van der Waals surface area (Å²) in [6.45, 7) is 0. The van der Waals surface area contributed by atoms with Crippen molar-refractivity contribution in [1.29, 1.82) is 0 Å². The standard InChI is InChI=1S/C24H21N3O4/c1-30-17-11-7-15(8-12-17)23(28)27-21-19-5-3-4-6-20(19)26-22(21)24(29)25-16-9-13-18(31-2)14-10-16/h3-14,26H,1-2H3,(H,25,29)(H,27,28). The number of methoxy groups -OCH3 is 2. The number of anilines is 2. The largest absolute Gasteiger partial charge is 0.497 e. The van der Waals surface area contributed by atoms with Crippen molar-refractivity contribution < 1.29 is 19.1 Å². The number of nitrogens with one attached hydrogen (secondary N) is 3. The predicted octanol–water partition coefficient (Wildman–Crippen LogP) is 4.69. The minimum atomic E-state index is -0.369. The quantitative estimate of drug-likeness (QED) is 0.426. The number of carbonyl (C=O) groups excluding carboxylic acids is 2. The Hall–Kier alpha value is -4.26. The van der Waals surface area contributed by atoms with Gasteiger partial charge in [0.1, 0.15) is 17.2 Å². The second kappa shape index (κ2) is 8.62. The van der Waals surface area contributed by atoms with Crippen molar-refractivity contribution in [1.82, 2.24) is 4.98 Å². The zero-order valence-electron chi connectivity index (χ0n) is 17.1. The Balaban J connectivity index is 1.64. The van der Waals surface area contributed by atoms with Crippen molar-refractivity contribution in [3.63, 3.8) is 0 Å². The summed E-state index contributed by atoms with van der Waals surface area (Å²) >= 11 is 0. The van der Waals surface area contributed by atoms with Crippen LogP contribution in [0.5, 0.6) is 11.5 Å². The molecule has 4 rings (SSSR count). The molecule has 0 radical (unpaired) electrons. The first-order valence-electron chi connectivity index (χ1n) is 9.60. The summed E-state index contributed by atoms with van der Waals surface area (Å²) < 4.78 is 10.3. The van der Waals surface area contributed by atoms with Gasteiger partial charge in [-0.15, -0.1) is 0 Å². The van der Waals surface area contributed by atoms with E-state index in [1.54, 1.807) is 62.8 Å². The van der Waals surface area contributed by atoms with Crippen molar-refractivity contribution in [2.45, 2.75) is 0 Å². The summed E-state index contributed by atoms with van der Waals surface area (Å²) in [5.41, 5.74) is 2.48. The maximum absolute atomic E-state index is 13.0. The van der Waals surface area contributed by atoms with Crippen LogP contribution >= 0.6 is 0 Å². The lowest BCUT2D eigenvalue weighted by molar-refractivity contribution is 0.102. The van der Waals surface area contributed by atoms with E-state index in [0.29, 0.717) is 28.4 Å². The van der Waals surface area contributed by atoms with E-state index in [4.69, 9.17) is 9.47 Å². The van der Waals surface area contributed by atoms with Crippen molar-refractivity contribution >= 4 is 34.1 Å². The molecular weight excluding hydrogens is 394 g/mol. The van der Waals surface area contributed by atoms with Crippen LogP contribution < -0.4 is 20.1 Å². The van der Waals surface area contributed by atoms with E-state index >= 15 is 0 Å². The number of para-hydroxylation sites is 1. The van der Waals surface area contributed by atoms with Gasteiger partial charge in [-0.25, -0.2) is 0 Å². The summed E-state index contributed by atoms with van der Waals surface area (Å²) in [6.07, 6.45) is 0. The Kier molecular flexibility index (Phi) is 5.57. The van der Waals surface area contributed by atoms with Gasteiger partial charge in [0.2, 0.25) is 0 Å². The number of fused-ring (bicyclic) bond motifs is 1. The number of ether oxygens (including phenoxy) is 2. The zero-order chi connectivity index (χ0) is 21.8. The van der Waals surface area contributed by atoms with E-state index in [2.05, 4.69) is 15.6 Å². The van der Waals surface area contributed by atoms with Crippen molar-refractivity contribution in [2.75, 3.05) is 24.9 Å². The molecule has 0 saturated heterocycles. The molecule has 31 heavy (non-hydrogen) atoms. The highest BCUT2D eigenvalue weighted by molar-refractivity contribution is 6.18. The number of benzene rings is 3. The molecule has 0 aliphatic carbocycles. The second-order valence-corrected chi connectivity index (χ2v) is 6.79. The van der Waals surface area contributed by atoms with E-state index < -0.39 is 0 Å². The van der Waals surface area contributed by atoms with Crippen molar-refractivity contribution in [3.8, 4) is 11.5 Å². The molecule has 0 atom stereocenters. The molecule has 0 aliphatic rings. The van der Waals surface area contributed by atoms with E-state index in [1.165, 1.54) is 0 Å². The molecule has 0 spiro atoms. The van der Waals surface area contributed by atoms with Gasteiger partial charge in [0.05, 0.1) is 19.9 Å². The van der Waals surface area contributed by atoms with Crippen LogP contribution in [0.3, 0.4) is 0 Å². The van der Waals surface area contributed by atoms with Crippen LogP contribution in [0.25, 0.3) is 10.9 Å². The van der Waals surface area contributed by atoms with Crippen LogP contribution in [0, 0.1) is 0 Å².